The average molecular weight is 454 g/mol. The van der Waals surface area contributed by atoms with Gasteiger partial charge in [-0.25, -0.2) is 0 Å². The van der Waals surface area contributed by atoms with Crippen molar-refractivity contribution in [2.45, 2.75) is 32.9 Å². The maximum Gasteiger partial charge on any atom is 0.226 e. The van der Waals surface area contributed by atoms with E-state index in [4.69, 9.17) is 23.8 Å². The SMILES string of the molecule is Cc1ccc([C@H]2[C@@H](c3ccccn3)NC(=S)N2c2ccc(NC(=O)C(C)C)c(Cl)c2)[nH]1. The molecule has 3 N–H and O–H groups in total. The van der Waals surface area contributed by atoms with Crippen LogP contribution < -0.4 is 15.5 Å². The number of carbonyl (C=O) groups is 1. The normalized spacial score (nSPS) is 18.4. The summed E-state index contributed by atoms with van der Waals surface area (Å²) >= 11 is 12.3. The molecule has 1 aliphatic heterocycles. The van der Waals surface area contributed by atoms with Crippen molar-refractivity contribution in [2.24, 2.45) is 5.92 Å². The lowest BCUT2D eigenvalue weighted by atomic mass is 10.0. The van der Waals surface area contributed by atoms with Crippen LogP contribution in [0.3, 0.4) is 0 Å². The van der Waals surface area contributed by atoms with Crippen LogP contribution in [0, 0.1) is 12.8 Å². The first-order valence-electron chi connectivity index (χ1n) is 10.1. The zero-order chi connectivity index (χ0) is 22.1. The summed E-state index contributed by atoms with van der Waals surface area (Å²) < 4.78 is 0. The van der Waals surface area contributed by atoms with Gasteiger partial charge in [0.15, 0.2) is 5.11 Å². The molecule has 3 heterocycles. The Balaban J connectivity index is 1.73. The van der Waals surface area contributed by atoms with E-state index in [1.165, 1.54) is 0 Å². The number of carbonyl (C=O) groups excluding carboxylic acids is 1. The van der Waals surface area contributed by atoms with Gasteiger partial charge >= 0.3 is 0 Å². The van der Waals surface area contributed by atoms with Crippen molar-refractivity contribution >= 4 is 46.2 Å². The third-order valence-corrected chi connectivity index (χ3v) is 5.91. The van der Waals surface area contributed by atoms with Crippen molar-refractivity contribution in [3.05, 3.63) is 76.8 Å². The predicted octanol–water partition coefficient (Wildman–Crippen LogP) is 5.14. The van der Waals surface area contributed by atoms with Gasteiger partial charge in [0, 0.05) is 29.2 Å². The van der Waals surface area contributed by atoms with Gasteiger partial charge in [0.2, 0.25) is 5.91 Å². The third kappa shape index (κ3) is 4.29. The number of halogens is 1. The molecule has 2 atom stereocenters. The molecule has 1 saturated heterocycles. The van der Waals surface area contributed by atoms with Crippen LogP contribution in [0.1, 0.15) is 43.0 Å². The van der Waals surface area contributed by atoms with Crippen molar-refractivity contribution < 1.29 is 4.79 Å². The second-order valence-corrected chi connectivity index (χ2v) is 8.70. The van der Waals surface area contributed by atoms with E-state index in [1.54, 1.807) is 6.20 Å². The van der Waals surface area contributed by atoms with E-state index in [2.05, 4.69) is 26.7 Å². The standard InChI is InChI=1S/C23H24ClN5OS/c1-13(2)22(30)27-17-10-8-15(12-16(17)24)29-21(19-9-7-14(3)26-19)20(28-23(29)31)18-6-4-5-11-25-18/h4-13,20-21,26H,1-3H3,(H,27,30)(H,28,31)/t20-,21+/m1/s1. The third-order valence-electron chi connectivity index (χ3n) is 5.28. The second-order valence-electron chi connectivity index (χ2n) is 7.90. The van der Waals surface area contributed by atoms with Crippen LogP contribution in [0.5, 0.6) is 0 Å². The Morgan fingerprint density at radius 2 is 2.03 bits per heavy atom. The van der Waals surface area contributed by atoms with Crippen molar-refractivity contribution in [3.8, 4) is 0 Å². The zero-order valence-corrected chi connectivity index (χ0v) is 19.1. The van der Waals surface area contributed by atoms with Crippen molar-refractivity contribution in [2.75, 3.05) is 10.2 Å². The number of thiocarbonyl (C=S) groups is 1. The van der Waals surface area contributed by atoms with Gasteiger partial charge in [0.05, 0.1) is 22.4 Å². The quantitative estimate of drug-likeness (QED) is 0.466. The zero-order valence-electron chi connectivity index (χ0n) is 17.5. The topological polar surface area (TPSA) is 73.1 Å². The molecule has 3 aromatic rings. The molecule has 6 nitrogen and oxygen atoms in total. The fourth-order valence-electron chi connectivity index (χ4n) is 3.68. The van der Waals surface area contributed by atoms with Crippen LogP contribution >= 0.6 is 23.8 Å². The molecule has 0 aliphatic carbocycles. The van der Waals surface area contributed by atoms with Gasteiger partial charge in [-0.2, -0.15) is 0 Å². The smallest absolute Gasteiger partial charge is 0.226 e. The fourth-order valence-corrected chi connectivity index (χ4v) is 4.25. The van der Waals surface area contributed by atoms with E-state index in [0.29, 0.717) is 15.8 Å². The first-order valence-corrected chi connectivity index (χ1v) is 10.9. The fraction of sp³-hybridized carbons (Fsp3) is 0.261. The van der Waals surface area contributed by atoms with Crippen LogP contribution in [0.2, 0.25) is 5.02 Å². The molecule has 0 saturated carbocycles. The monoisotopic (exact) mass is 453 g/mol. The Morgan fingerprint density at radius 1 is 1.23 bits per heavy atom. The average Bonchev–Trinajstić information content (AvgIpc) is 3.32. The Labute approximate surface area is 192 Å². The van der Waals surface area contributed by atoms with E-state index in [9.17, 15) is 4.79 Å². The van der Waals surface area contributed by atoms with E-state index < -0.39 is 0 Å². The summed E-state index contributed by atoms with van der Waals surface area (Å²) in [5.74, 6) is -0.214. The van der Waals surface area contributed by atoms with Gasteiger partial charge in [0.1, 0.15) is 6.04 Å². The molecular weight excluding hydrogens is 430 g/mol. The van der Waals surface area contributed by atoms with E-state index in [1.807, 2.05) is 68.1 Å². The molecule has 2 aromatic heterocycles. The van der Waals surface area contributed by atoms with Crippen LogP contribution in [0.25, 0.3) is 0 Å². The van der Waals surface area contributed by atoms with Crippen LogP contribution in [0.15, 0.2) is 54.7 Å². The summed E-state index contributed by atoms with van der Waals surface area (Å²) in [5, 5.41) is 7.33. The molecule has 0 spiro atoms. The number of hydrogen-bond acceptors (Lipinski definition) is 3. The van der Waals surface area contributed by atoms with Gasteiger partial charge < -0.3 is 20.5 Å². The number of nitrogens with zero attached hydrogens (tertiary/aromatic N) is 2. The van der Waals surface area contributed by atoms with Gasteiger partial charge in [0.25, 0.3) is 0 Å². The Hall–Kier alpha value is -2.90. The number of anilines is 2. The molecular formula is C23H24ClN5OS. The predicted molar refractivity (Wildman–Crippen MR) is 128 cm³/mol. The number of aromatic amines is 1. The van der Waals surface area contributed by atoms with Crippen molar-refractivity contribution in [3.63, 3.8) is 0 Å². The maximum absolute atomic E-state index is 12.1. The number of nitrogens with one attached hydrogen (secondary N) is 3. The number of rotatable bonds is 5. The van der Waals surface area contributed by atoms with E-state index >= 15 is 0 Å². The first-order chi connectivity index (χ1) is 14.8. The highest BCUT2D eigenvalue weighted by Crippen LogP contribution is 2.42. The number of hydrogen-bond donors (Lipinski definition) is 3. The number of aryl methyl sites for hydroxylation is 1. The number of benzene rings is 1. The van der Waals surface area contributed by atoms with Crippen molar-refractivity contribution in [1.82, 2.24) is 15.3 Å². The lowest BCUT2D eigenvalue weighted by molar-refractivity contribution is -0.118. The van der Waals surface area contributed by atoms with Crippen molar-refractivity contribution in [1.29, 1.82) is 0 Å². The molecule has 1 aromatic carbocycles. The summed E-state index contributed by atoms with van der Waals surface area (Å²) in [6.07, 6.45) is 1.78. The van der Waals surface area contributed by atoms with Crippen LogP contribution in [0.4, 0.5) is 11.4 Å². The molecule has 1 amide bonds. The van der Waals surface area contributed by atoms with Gasteiger partial charge in [-0.1, -0.05) is 31.5 Å². The Morgan fingerprint density at radius 3 is 2.65 bits per heavy atom. The minimum absolute atomic E-state index is 0.0806. The van der Waals surface area contributed by atoms with Gasteiger partial charge in [-0.15, -0.1) is 0 Å². The molecule has 0 radical (unpaired) electrons. The highest BCUT2D eigenvalue weighted by atomic mass is 35.5. The minimum Gasteiger partial charge on any atom is -0.361 e. The molecule has 31 heavy (non-hydrogen) atoms. The maximum atomic E-state index is 12.1. The number of amides is 1. The molecule has 8 heteroatoms. The Kier molecular flexibility index (Phi) is 5.98. The van der Waals surface area contributed by atoms with Gasteiger partial charge in [-0.3, -0.25) is 9.78 Å². The highest BCUT2D eigenvalue weighted by molar-refractivity contribution is 7.80. The van der Waals surface area contributed by atoms with E-state index in [0.717, 1.165) is 22.8 Å². The van der Waals surface area contributed by atoms with E-state index in [-0.39, 0.29) is 23.9 Å². The molecule has 160 valence electrons. The summed E-state index contributed by atoms with van der Waals surface area (Å²) in [6, 6.07) is 15.3. The summed E-state index contributed by atoms with van der Waals surface area (Å²) in [4.78, 5) is 22.1. The molecule has 1 aliphatic rings. The highest BCUT2D eigenvalue weighted by Gasteiger charge is 2.41. The number of H-pyrrole nitrogens is 1. The number of aromatic nitrogens is 2. The first kappa shape index (κ1) is 21.3. The number of pyridine rings is 1. The largest absolute Gasteiger partial charge is 0.361 e. The molecule has 4 rings (SSSR count). The summed E-state index contributed by atoms with van der Waals surface area (Å²) in [5.41, 5.74) is 4.40. The van der Waals surface area contributed by atoms with Crippen LogP contribution in [-0.4, -0.2) is 21.0 Å². The van der Waals surface area contributed by atoms with Gasteiger partial charge in [-0.05, 0) is 61.6 Å². The lowest BCUT2D eigenvalue weighted by Gasteiger charge is -2.27. The summed E-state index contributed by atoms with van der Waals surface area (Å²) in [6.45, 7) is 5.70. The molecule has 0 unspecified atom stereocenters. The minimum atomic E-state index is -0.136. The molecule has 0 bridgehead atoms. The summed E-state index contributed by atoms with van der Waals surface area (Å²) in [7, 11) is 0. The second kappa shape index (κ2) is 8.69. The Bertz CT molecular complexity index is 1110. The molecule has 1 fully saturated rings. The lowest BCUT2D eigenvalue weighted by Crippen LogP contribution is -2.29. The van der Waals surface area contributed by atoms with Crippen LogP contribution in [-0.2, 0) is 4.79 Å².